The zero-order valence-corrected chi connectivity index (χ0v) is 42.3. The molecular weight excluding hydrogens is 1020 g/mol. The van der Waals surface area contributed by atoms with E-state index in [0.29, 0.717) is 56.9 Å². The van der Waals surface area contributed by atoms with E-state index in [1.54, 1.807) is 0 Å². The van der Waals surface area contributed by atoms with Gasteiger partial charge in [0.15, 0.2) is 31.3 Å². The second-order valence-electron chi connectivity index (χ2n) is 23.2. The van der Waals surface area contributed by atoms with Crippen LogP contribution in [0.5, 0.6) is 0 Å². The third-order valence-corrected chi connectivity index (χ3v) is 18.8. The first-order valence-corrected chi connectivity index (χ1v) is 26.3. The molecule has 9 aliphatic rings. The highest BCUT2D eigenvalue weighted by molar-refractivity contribution is 5.77. The molecule has 4 saturated carbocycles. The van der Waals surface area contributed by atoms with E-state index in [2.05, 4.69) is 13.5 Å². The maximum Gasteiger partial charge on any atom is 0.314 e. The fourth-order valence-electron chi connectivity index (χ4n) is 14.7. The molecule has 0 aromatic rings. The van der Waals surface area contributed by atoms with Crippen LogP contribution < -0.4 is 0 Å². The van der Waals surface area contributed by atoms with Crippen LogP contribution in [0, 0.1) is 28.1 Å². The predicted octanol–water partition coefficient (Wildman–Crippen LogP) is -6.65. The van der Waals surface area contributed by atoms with Crippen molar-refractivity contribution in [1.82, 2.24) is 0 Å². The van der Waals surface area contributed by atoms with Crippen molar-refractivity contribution in [3.05, 3.63) is 12.2 Å². The van der Waals surface area contributed by atoms with Gasteiger partial charge in [-0.05, 0) is 86.5 Å². The molecule has 0 amide bonds. The Hall–Kier alpha value is -1.79. The molecular formula is C49H78O27. The summed E-state index contributed by atoms with van der Waals surface area (Å²) in [5.74, 6) is -1.05. The highest BCUT2D eigenvalue weighted by Crippen LogP contribution is 2.74. The van der Waals surface area contributed by atoms with E-state index in [1.807, 2.05) is 6.92 Å². The van der Waals surface area contributed by atoms with E-state index in [4.69, 9.17) is 47.4 Å². The van der Waals surface area contributed by atoms with Gasteiger partial charge in [-0.15, -0.1) is 0 Å². The lowest BCUT2D eigenvalue weighted by molar-refractivity contribution is -0.400. The lowest BCUT2D eigenvalue weighted by atomic mass is 9.41. The highest BCUT2D eigenvalue weighted by atomic mass is 16.8. The molecule has 0 radical (unpaired) electrons. The Balaban J connectivity index is 0.969. The summed E-state index contributed by atoms with van der Waals surface area (Å²) >= 11 is 0. The molecule has 436 valence electrons. The standard InChI is InChI=1S/C49H78O27/c1-18-11-48-9-5-24-46(2,7-4-8-47(24,3)45(66)75-43-38(33(62)29(58)22(14-52)70-43)73-40-34(63)26(55)19(54)16-67-40)25(48)6-10-49(18,17-48)76-44-39(74-42-36(65)32(61)28(57)21(13-51)69-42)37(30(59)23(15-53)71-44)72-41-35(64)31(60)27(56)20(12-50)68-41/h19-44,50-65H,1,4-17H2,2-3H3/t19-,20?,21+,22?,23?,24?,25+,26?,27-,28-,29-,30-,31+,32?,33+,34?,35?,36?,37+,38?,39?,40+,41+,42+,43+,44+,46-,47-,48-,49?/m1/s1. The molecule has 12 unspecified atom stereocenters. The SMILES string of the molecule is C=C1C[C@@]23CCC4[C@](C)(C(=O)O[C@@H]5OC(CO)[C@@H](O)[C@H](O)C5O[C@@H]5OC[C@@H](O)C(O)C5O)CCC[C@@]4(C)[C@@H]2CCC1(O[C@@H]1OC(CO)[C@@H](O)[C@H](O[C@@H]2OC(CO)[C@@H](O)[C@H](O)C2O)C1O[C@@H]1O[C@@H](CO)[C@@H](O)C(O)C1O)C3. The van der Waals surface area contributed by atoms with Gasteiger partial charge in [0.2, 0.25) is 6.29 Å². The van der Waals surface area contributed by atoms with Crippen LogP contribution >= 0.6 is 0 Å². The average molecular weight is 1100 g/mol. The maximum absolute atomic E-state index is 14.8. The minimum Gasteiger partial charge on any atom is -0.432 e. The molecule has 30 atom stereocenters. The van der Waals surface area contributed by atoms with Crippen LogP contribution in [0.3, 0.4) is 0 Å². The number of aliphatic hydroxyl groups is 16. The number of carbonyl (C=O) groups excluding carboxylic acids is 1. The van der Waals surface area contributed by atoms with Gasteiger partial charge in [0, 0.05) is 0 Å². The van der Waals surface area contributed by atoms with Crippen molar-refractivity contribution < 1.29 is 134 Å². The Labute approximate surface area is 437 Å². The zero-order valence-electron chi connectivity index (χ0n) is 42.3. The molecule has 5 heterocycles. The Kier molecular flexibility index (Phi) is 17.4. The zero-order chi connectivity index (χ0) is 55.1. The van der Waals surface area contributed by atoms with Crippen molar-refractivity contribution in [3.8, 4) is 0 Å². The number of fused-ring (bicyclic) bond motifs is 3. The minimum absolute atomic E-state index is 0.0469. The van der Waals surface area contributed by atoms with Crippen LogP contribution in [-0.2, 0) is 52.2 Å². The Morgan fingerprint density at radius 1 is 0.539 bits per heavy atom. The number of hydrogen-bond donors (Lipinski definition) is 16. The third kappa shape index (κ3) is 10.0. The van der Waals surface area contributed by atoms with Crippen molar-refractivity contribution in [2.24, 2.45) is 28.1 Å². The van der Waals surface area contributed by atoms with Crippen molar-refractivity contribution in [3.63, 3.8) is 0 Å². The molecule has 5 aliphatic heterocycles. The van der Waals surface area contributed by atoms with Crippen LogP contribution in [0.2, 0.25) is 0 Å². The third-order valence-electron chi connectivity index (χ3n) is 18.8. The summed E-state index contributed by atoms with van der Waals surface area (Å²) in [5, 5.41) is 170. The van der Waals surface area contributed by atoms with Gasteiger partial charge < -0.3 is 129 Å². The summed E-state index contributed by atoms with van der Waals surface area (Å²) in [6.45, 7) is 4.76. The Morgan fingerprint density at radius 3 is 1.63 bits per heavy atom. The van der Waals surface area contributed by atoms with E-state index in [-0.39, 0.29) is 11.8 Å². The number of ether oxygens (including phenoxy) is 10. The predicted molar refractivity (Wildman–Crippen MR) is 246 cm³/mol. The highest BCUT2D eigenvalue weighted by Gasteiger charge is 2.70. The first kappa shape index (κ1) is 58.9. The van der Waals surface area contributed by atoms with Gasteiger partial charge in [0.25, 0.3) is 0 Å². The largest absolute Gasteiger partial charge is 0.432 e. The Bertz CT molecular complexity index is 2020. The molecule has 27 heteroatoms. The van der Waals surface area contributed by atoms with E-state index in [0.717, 1.165) is 6.42 Å². The van der Waals surface area contributed by atoms with Gasteiger partial charge in [0.05, 0.1) is 44.1 Å². The molecule has 5 saturated heterocycles. The first-order valence-electron chi connectivity index (χ1n) is 26.3. The number of esters is 1. The van der Waals surface area contributed by atoms with E-state index >= 15 is 0 Å². The summed E-state index contributed by atoms with van der Waals surface area (Å²) in [6.07, 6.45) is -37.1. The molecule has 9 fully saturated rings. The fourth-order valence-corrected chi connectivity index (χ4v) is 14.7. The van der Waals surface area contributed by atoms with Crippen LogP contribution in [-0.4, -0.2) is 274 Å². The monoisotopic (exact) mass is 1100 g/mol. The van der Waals surface area contributed by atoms with Gasteiger partial charge in [-0.2, -0.15) is 0 Å². The molecule has 16 N–H and O–H groups in total. The fraction of sp³-hybridized carbons (Fsp3) is 0.939. The topological polar surface area (TPSA) is 433 Å². The molecule has 0 aromatic heterocycles. The quantitative estimate of drug-likeness (QED) is 0.0437. The molecule has 9 rings (SSSR count). The molecule has 4 aliphatic carbocycles. The summed E-state index contributed by atoms with van der Waals surface area (Å²) in [6, 6.07) is 0. The van der Waals surface area contributed by atoms with Crippen LogP contribution in [0.4, 0.5) is 0 Å². The van der Waals surface area contributed by atoms with Gasteiger partial charge in [-0.3, -0.25) is 4.79 Å². The normalized spacial score (nSPS) is 54.6. The number of aliphatic hydroxyl groups excluding tert-OH is 16. The molecule has 1 spiro atoms. The minimum atomic E-state index is -1.98. The van der Waals surface area contributed by atoms with E-state index in [9.17, 15) is 86.5 Å². The number of carbonyl (C=O) groups is 1. The van der Waals surface area contributed by atoms with Crippen molar-refractivity contribution in [2.75, 3.05) is 33.0 Å². The van der Waals surface area contributed by atoms with Crippen LogP contribution in [0.25, 0.3) is 0 Å². The summed E-state index contributed by atoms with van der Waals surface area (Å²) in [4.78, 5) is 14.8. The molecule has 2 bridgehead atoms. The molecule has 0 aromatic carbocycles. The summed E-state index contributed by atoms with van der Waals surface area (Å²) in [5.41, 5.74) is -2.69. The van der Waals surface area contributed by atoms with Gasteiger partial charge in [0.1, 0.15) is 110 Å². The number of rotatable bonds is 14. The first-order chi connectivity index (χ1) is 35.9. The van der Waals surface area contributed by atoms with Gasteiger partial charge in [-0.1, -0.05) is 19.9 Å². The lowest BCUT2D eigenvalue weighted by Gasteiger charge is -2.64. The lowest BCUT2D eigenvalue weighted by Crippen LogP contribution is -2.68. The van der Waals surface area contributed by atoms with Crippen molar-refractivity contribution in [2.45, 2.75) is 225 Å². The van der Waals surface area contributed by atoms with Crippen molar-refractivity contribution in [1.29, 1.82) is 0 Å². The van der Waals surface area contributed by atoms with E-state index < -0.39 is 208 Å². The van der Waals surface area contributed by atoms with Crippen LogP contribution in [0.15, 0.2) is 12.2 Å². The molecule has 27 nitrogen and oxygen atoms in total. The van der Waals surface area contributed by atoms with Gasteiger partial charge >= 0.3 is 5.97 Å². The summed E-state index contributed by atoms with van der Waals surface area (Å²) in [7, 11) is 0. The average Bonchev–Trinajstić information content (AvgIpc) is 3.71. The number of hydrogen-bond acceptors (Lipinski definition) is 27. The van der Waals surface area contributed by atoms with E-state index in [1.165, 1.54) is 0 Å². The Morgan fingerprint density at radius 2 is 1.04 bits per heavy atom. The maximum atomic E-state index is 14.8. The van der Waals surface area contributed by atoms with Crippen LogP contribution in [0.1, 0.15) is 71.6 Å². The molecule has 76 heavy (non-hydrogen) atoms. The second kappa shape index (κ2) is 22.5. The summed E-state index contributed by atoms with van der Waals surface area (Å²) < 4.78 is 60.2. The smallest absolute Gasteiger partial charge is 0.314 e. The second-order valence-corrected chi connectivity index (χ2v) is 23.2. The van der Waals surface area contributed by atoms with Crippen molar-refractivity contribution >= 4 is 5.97 Å². The van der Waals surface area contributed by atoms with Gasteiger partial charge in [-0.25, -0.2) is 0 Å².